The van der Waals surface area contributed by atoms with Gasteiger partial charge in [-0.25, -0.2) is 15.0 Å². The number of nitrogen functional groups attached to an aromatic ring is 1. The molecule has 0 unspecified atom stereocenters. The van der Waals surface area contributed by atoms with E-state index < -0.39 is 0 Å². The Labute approximate surface area is 121 Å². The maximum Gasteiger partial charge on any atom is 0.270 e. The van der Waals surface area contributed by atoms with Crippen LogP contribution in [0.2, 0.25) is 0 Å². The summed E-state index contributed by atoms with van der Waals surface area (Å²) in [6.07, 6.45) is 4.61. The molecule has 2 aromatic heterocycles. The summed E-state index contributed by atoms with van der Waals surface area (Å²) in [6, 6.07) is 9.26. The Morgan fingerprint density at radius 2 is 2.05 bits per heavy atom. The predicted octanol–water partition coefficient (Wildman–Crippen LogP) is 1.54. The highest BCUT2D eigenvalue weighted by Crippen LogP contribution is 2.17. The fourth-order valence-electron chi connectivity index (χ4n) is 2.02. The van der Waals surface area contributed by atoms with Crippen molar-refractivity contribution in [1.82, 2.24) is 20.3 Å². The predicted molar refractivity (Wildman–Crippen MR) is 79.4 cm³/mol. The number of carbonyl (C=O) groups is 1. The maximum absolute atomic E-state index is 11.9. The summed E-state index contributed by atoms with van der Waals surface area (Å²) >= 11 is 0. The van der Waals surface area contributed by atoms with Crippen molar-refractivity contribution in [3.63, 3.8) is 0 Å². The fourth-order valence-corrected chi connectivity index (χ4v) is 2.02. The van der Waals surface area contributed by atoms with Crippen LogP contribution in [-0.2, 0) is 6.54 Å². The zero-order valence-corrected chi connectivity index (χ0v) is 11.2. The molecule has 1 aromatic carbocycles. The van der Waals surface area contributed by atoms with Gasteiger partial charge in [0.05, 0.1) is 0 Å². The van der Waals surface area contributed by atoms with Crippen LogP contribution in [0, 0.1) is 0 Å². The molecule has 21 heavy (non-hydrogen) atoms. The van der Waals surface area contributed by atoms with Gasteiger partial charge in [0.2, 0.25) is 0 Å². The summed E-state index contributed by atoms with van der Waals surface area (Å²) in [7, 11) is 0. The molecular formula is C15H13N5O. The number of hydrogen-bond donors (Lipinski definition) is 2. The molecule has 0 radical (unpaired) electrons. The standard InChI is InChI=1S/C15H13N5O/c16-14-6-12-5-10(1-2-11(12)8-18-14)7-19-15(21)13-3-4-17-9-20-13/h1-6,8-9H,7H2,(H2,16,18)(H,19,21). The monoisotopic (exact) mass is 279 g/mol. The molecule has 1 amide bonds. The summed E-state index contributed by atoms with van der Waals surface area (Å²) in [4.78, 5) is 23.6. The molecule has 0 aliphatic heterocycles. The van der Waals surface area contributed by atoms with Crippen LogP contribution < -0.4 is 11.1 Å². The number of aromatic nitrogens is 3. The lowest BCUT2D eigenvalue weighted by molar-refractivity contribution is 0.0945. The van der Waals surface area contributed by atoms with Gasteiger partial charge in [-0.3, -0.25) is 4.79 Å². The normalized spacial score (nSPS) is 10.5. The number of hydrogen-bond acceptors (Lipinski definition) is 5. The number of anilines is 1. The number of carbonyl (C=O) groups excluding carboxylic acids is 1. The van der Waals surface area contributed by atoms with Crippen molar-refractivity contribution in [2.45, 2.75) is 6.54 Å². The van der Waals surface area contributed by atoms with Crippen LogP contribution >= 0.6 is 0 Å². The van der Waals surface area contributed by atoms with Gasteiger partial charge >= 0.3 is 0 Å². The maximum atomic E-state index is 11.9. The number of pyridine rings is 1. The molecule has 0 aliphatic carbocycles. The number of nitrogens with zero attached hydrogens (tertiary/aromatic N) is 3. The van der Waals surface area contributed by atoms with E-state index in [-0.39, 0.29) is 5.91 Å². The van der Waals surface area contributed by atoms with Crippen LogP contribution in [0.1, 0.15) is 16.1 Å². The second kappa shape index (κ2) is 5.54. The van der Waals surface area contributed by atoms with E-state index >= 15 is 0 Å². The molecule has 0 bridgehead atoms. The molecule has 0 atom stereocenters. The Balaban J connectivity index is 1.75. The molecule has 0 saturated carbocycles. The third-order valence-corrected chi connectivity index (χ3v) is 3.07. The largest absolute Gasteiger partial charge is 0.384 e. The molecule has 3 N–H and O–H groups in total. The summed E-state index contributed by atoms with van der Waals surface area (Å²) in [5, 5.41) is 4.82. The number of fused-ring (bicyclic) bond motifs is 1. The summed E-state index contributed by atoms with van der Waals surface area (Å²) < 4.78 is 0. The summed E-state index contributed by atoms with van der Waals surface area (Å²) in [5.74, 6) is 0.247. The number of nitrogens with one attached hydrogen (secondary N) is 1. The molecule has 3 rings (SSSR count). The number of amides is 1. The summed E-state index contributed by atoms with van der Waals surface area (Å²) in [6.45, 7) is 0.418. The summed E-state index contributed by atoms with van der Waals surface area (Å²) in [5.41, 5.74) is 7.01. The Bertz CT molecular complexity index is 788. The Morgan fingerprint density at radius 1 is 1.14 bits per heavy atom. The minimum atomic E-state index is -0.230. The first-order valence-electron chi connectivity index (χ1n) is 6.41. The average Bonchev–Trinajstić information content (AvgIpc) is 2.53. The zero-order chi connectivity index (χ0) is 14.7. The molecule has 6 heteroatoms. The van der Waals surface area contributed by atoms with Crippen molar-refractivity contribution in [2.75, 3.05) is 5.73 Å². The van der Waals surface area contributed by atoms with E-state index in [0.717, 1.165) is 16.3 Å². The van der Waals surface area contributed by atoms with Crippen LogP contribution in [0.5, 0.6) is 0 Å². The Kier molecular flexibility index (Phi) is 3.42. The van der Waals surface area contributed by atoms with Crippen molar-refractivity contribution in [1.29, 1.82) is 0 Å². The van der Waals surface area contributed by atoms with Crippen LogP contribution in [0.25, 0.3) is 10.8 Å². The molecule has 3 aromatic rings. The molecule has 0 aliphatic rings. The van der Waals surface area contributed by atoms with Gasteiger partial charge in [0.25, 0.3) is 5.91 Å². The molecule has 104 valence electrons. The first-order chi connectivity index (χ1) is 10.2. The second-order valence-electron chi connectivity index (χ2n) is 4.57. The van der Waals surface area contributed by atoms with Crippen LogP contribution in [0.3, 0.4) is 0 Å². The minimum Gasteiger partial charge on any atom is -0.384 e. The van der Waals surface area contributed by atoms with E-state index in [1.165, 1.54) is 12.5 Å². The van der Waals surface area contributed by atoms with Gasteiger partial charge in [-0.15, -0.1) is 0 Å². The van der Waals surface area contributed by atoms with Crippen LogP contribution in [0.4, 0.5) is 5.82 Å². The first-order valence-corrected chi connectivity index (χ1v) is 6.41. The highest BCUT2D eigenvalue weighted by Gasteiger charge is 2.06. The number of rotatable bonds is 3. The number of nitrogens with two attached hydrogens (primary N) is 1. The minimum absolute atomic E-state index is 0.230. The van der Waals surface area contributed by atoms with Crippen molar-refractivity contribution in [3.05, 3.63) is 60.3 Å². The van der Waals surface area contributed by atoms with Gasteiger partial charge in [0.1, 0.15) is 17.8 Å². The van der Waals surface area contributed by atoms with Gasteiger partial charge in [-0.05, 0) is 29.1 Å². The SMILES string of the molecule is Nc1cc2cc(CNC(=O)c3ccncn3)ccc2cn1. The molecule has 6 nitrogen and oxygen atoms in total. The van der Waals surface area contributed by atoms with Crippen molar-refractivity contribution in [2.24, 2.45) is 0 Å². The first kappa shape index (κ1) is 13.0. The average molecular weight is 279 g/mol. The number of benzene rings is 1. The topological polar surface area (TPSA) is 93.8 Å². The van der Waals surface area contributed by atoms with Gasteiger partial charge in [0.15, 0.2) is 0 Å². The third-order valence-electron chi connectivity index (χ3n) is 3.07. The smallest absolute Gasteiger partial charge is 0.270 e. The lowest BCUT2D eigenvalue weighted by Gasteiger charge is -2.06. The lowest BCUT2D eigenvalue weighted by Crippen LogP contribution is -2.23. The van der Waals surface area contributed by atoms with E-state index in [1.807, 2.05) is 24.3 Å². The Morgan fingerprint density at radius 3 is 2.86 bits per heavy atom. The molecule has 0 fully saturated rings. The molecule has 0 saturated heterocycles. The van der Waals surface area contributed by atoms with Crippen LogP contribution in [-0.4, -0.2) is 20.9 Å². The Hall–Kier alpha value is -3.02. The van der Waals surface area contributed by atoms with E-state index in [4.69, 9.17) is 5.73 Å². The van der Waals surface area contributed by atoms with Crippen molar-refractivity contribution < 1.29 is 4.79 Å². The third kappa shape index (κ3) is 2.94. The fraction of sp³-hybridized carbons (Fsp3) is 0.0667. The van der Waals surface area contributed by atoms with Crippen LogP contribution in [0.15, 0.2) is 49.1 Å². The molecular weight excluding hydrogens is 266 g/mol. The molecule has 0 spiro atoms. The van der Waals surface area contributed by atoms with Gasteiger partial charge in [-0.2, -0.15) is 0 Å². The zero-order valence-electron chi connectivity index (χ0n) is 11.2. The van der Waals surface area contributed by atoms with E-state index in [0.29, 0.717) is 18.1 Å². The lowest BCUT2D eigenvalue weighted by atomic mass is 10.1. The van der Waals surface area contributed by atoms with Crippen molar-refractivity contribution >= 4 is 22.5 Å². The highest BCUT2D eigenvalue weighted by atomic mass is 16.1. The van der Waals surface area contributed by atoms with Gasteiger partial charge in [0, 0.05) is 24.3 Å². The van der Waals surface area contributed by atoms with E-state index in [2.05, 4.69) is 20.3 Å². The highest BCUT2D eigenvalue weighted by molar-refractivity contribution is 5.92. The van der Waals surface area contributed by atoms with Gasteiger partial charge < -0.3 is 11.1 Å². The van der Waals surface area contributed by atoms with Gasteiger partial charge in [-0.1, -0.05) is 12.1 Å². The second-order valence-corrected chi connectivity index (χ2v) is 4.57. The molecule has 2 heterocycles. The van der Waals surface area contributed by atoms with E-state index in [9.17, 15) is 4.79 Å². The quantitative estimate of drug-likeness (QED) is 0.758. The van der Waals surface area contributed by atoms with Crippen molar-refractivity contribution in [3.8, 4) is 0 Å². The van der Waals surface area contributed by atoms with E-state index in [1.54, 1.807) is 12.3 Å².